The molecule has 296 valence electrons. The van der Waals surface area contributed by atoms with Gasteiger partial charge in [0, 0.05) is 64.4 Å². The van der Waals surface area contributed by atoms with Crippen LogP contribution in [0.15, 0.2) is 146 Å². The van der Waals surface area contributed by atoms with Gasteiger partial charge in [0.25, 0.3) is 0 Å². The highest BCUT2D eigenvalue weighted by atomic mass is 32.1. The Morgan fingerprint density at radius 2 is 1.13 bits per heavy atom. The lowest BCUT2D eigenvalue weighted by molar-refractivity contribution is 0.590. The molecule has 0 radical (unpaired) electrons. The molecule has 4 aliphatic rings. The van der Waals surface area contributed by atoms with Crippen LogP contribution in [0.3, 0.4) is 0 Å². The molecule has 0 spiro atoms. The SMILES string of the molecule is CC(C)(C)c1ccc(N2B3c4cc5c(cc4-n4c6cc7c(cc6c6ccc(c3c64)-c3cc4c(cc32)-c2ccccc2C4(C)C)sc2ccccc27)-c2ccccc2C5(C)C)cc1. The maximum absolute atomic E-state index is 2.73. The van der Waals surface area contributed by atoms with E-state index in [9.17, 15) is 0 Å². The Bertz CT molecular complexity index is 3680. The average molecular weight is 813 g/mol. The van der Waals surface area contributed by atoms with E-state index in [0.717, 1.165) is 0 Å². The molecular weight excluding hydrogens is 768 g/mol. The molecule has 0 atom stereocenters. The van der Waals surface area contributed by atoms with Gasteiger partial charge in [-0.3, -0.25) is 0 Å². The Morgan fingerprint density at radius 1 is 0.484 bits per heavy atom. The third-order valence-corrected chi connectivity index (χ3v) is 16.7. The lowest BCUT2D eigenvalue weighted by Gasteiger charge is -2.43. The Kier molecular flexibility index (Phi) is 6.46. The molecule has 0 N–H and O–H groups in total. The molecule has 2 aromatic heterocycles. The molecule has 0 bridgehead atoms. The quantitative estimate of drug-likeness (QED) is 0.150. The van der Waals surface area contributed by atoms with Gasteiger partial charge in [-0.25, -0.2) is 0 Å². The highest BCUT2D eigenvalue weighted by Gasteiger charge is 2.48. The normalized spacial score (nSPS) is 15.9. The molecule has 0 fully saturated rings. The van der Waals surface area contributed by atoms with Crippen LogP contribution >= 0.6 is 11.3 Å². The molecule has 0 saturated carbocycles. The second-order valence-corrected chi connectivity index (χ2v) is 21.6. The summed E-state index contributed by atoms with van der Waals surface area (Å²) in [6, 6.07) is 56.9. The first-order valence-electron chi connectivity index (χ1n) is 22.3. The fourth-order valence-electron chi connectivity index (χ4n) is 12.4. The van der Waals surface area contributed by atoms with Crippen molar-refractivity contribution in [3.05, 3.63) is 173 Å². The fraction of sp³-hybridized carbons (Fsp3) is 0.172. The number of thiophene rings is 1. The summed E-state index contributed by atoms with van der Waals surface area (Å²) in [4.78, 5) is 2.73. The molecule has 10 aromatic rings. The minimum atomic E-state index is -0.140. The summed E-state index contributed by atoms with van der Waals surface area (Å²) < 4.78 is 5.36. The first-order valence-corrected chi connectivity index (χ1v) is 23.1. The van der Waals surface area contributed by atoms with Crippen molar-refractivity contribution >= 4 is 82.5 Å². The minimum absolute atomic E-state index is 0.0474. The van der Waals surface area contributed by atoms with Crippen LogP contribution < -0.4 is 15.7 Å². The maximum Gasteiger partial charge on any atom is 0.333 e. The van der Waals surface area contributed by atoms with Crippen molar-refractivity contribution in [3.8, 4) is 39.1 Å². The highest BCUT2D eigenvalue weighted by molar-refractivity contribution is 7.25. The predicted octanol–water partition coefficient (Wildman–Crippen LogP) is 14.3. The number of hydrogen-bond donors (Lipinski definition) is 0. The monoisotopic (exact) mass is 812 g/mol. The number of benzene rings is 8. The maximum atomic E-state index is 2.73. The second-order valence-electron chi connectivity index (χ2n) is 20.5. The molecule has 4 heteroatoms. The third kappa shape index (κ3) is 4.22. The highest BCUT2D eigenvalue weighted by Crippen LogP contribution is 2.56. The van der Waals surface area contributed by atoms with Crippen LogP contribution in [0.5, 0.6) is 0 Å². The summed E-state index contributed by atoms with van der Waals surface area (Å²) in [6.07, 6.45) is 0. The van der Waals surface area contributed by atoms with Crippen LogP contribution in [0.25, 0.3) is 81.0 Å². The second kappa shape index (κ2) is 11.4. The molecule has 8 aromatic carbocycles. The van der Waals surface area contributed by atoms with Crippen LogP contribution in [0.4, 0.5) is 11.4 Å². The van der Waals surface area contributed by atoms with Gasteiger partial charge in [0.15, 0.2) is 0 Å². The fourth-order valence-corrected chi connectivity index (χ4v) is 13.5. The van der Waals surface area contributed by atoms with E-state index in [-0.39, 0.29) is 23.1 Å². The van der Waals surface area contributed by atoms with Crippen molar-refractivity contribution in [3.63, 3.8) is 0 Å². The summed E-state index contributed by atoms with van der Waals surface area (Å²) in [5.74, 6) is 0. The van der Waals surface area contributed by atoms with Crippen molar-refractivity contribution < 1.29 is 0 Å². The number of hydrogen-bond acceptors (Lipinski definition) is 2. The first kappa shape index (κ1) is 35.3. The van der Waals surface area contributed by atoms with E-state index in [1.807, 2.05) is 11.3 Å². The molecule has 2 aliphatic heterocycles. The van der Waals surface area contributed by atoms with E-state index in [2.05, 4.69) is 203 Å². The molecule has 4 heterocycles. The zero-order valence-electron chi connectivity index (χ0n) is 36.2. The van der Waals surface area contributed by atoms with Gasteiger partial charge >= 0.3 is 6.85 Å². The average Bonchev–Trinajstić information content (AvgIpc) is 3.94. The summed E-state index contributed by atoms with van der Waals surface area (Å²) >= 11 is 1.91. The molecule has 62 heavy (non-hydrogen) atoms. The van der Waals surface area contributed by atoms with Crippen molar-refractivity contribution in [1.29, 1.82) is 0 Å². The lowest BCUT2D eigenvalue weighted by Crippen LogP contribution is -2.60. The van der Waals surface area contributed by atoms with Gasteiger partial charge in [-0.2, -0.15) is 0 Å². The topological polar surface area (TPSA) is 8.17 Å². The lowest BCUT2D eigenvalue weighted by atomic mass is 9.43. The van der Waals surface area contributed by atoms with E-state index < -0.39 is 0 Å². The van der Waals surface area contributed by atoms with Gasteiger partial charge in [0.1, 0.15) is 0 Å². The van der Waals surface area contributed by atoms with Crippen LogP contribution in [0.2, 0.25) is 0 Å². The van der Waals surface area contributed by atoms with Crippen LogP contribution in [-0.2, 0) is 16.2 Å². The van der Waals surface area contributed by atoms with Crippen molar-refractivity contribution in [2.75, 3.05) is 4.81 Å². The Balaban J connectivity index is 1.16. The standard InChI is InChI=1S/C58H45BN2S/c1-56(2,3)32-20-22-33(23-21-32)61-50-27-39-34-14-8-11-17-44(34)57(4,5)46(39)26-41(50)37-24-25-38-42-30-53-43(36-16-10-13-19-52(36)62-53)29-49(42)60-51-28-40-35-15-9-12-18-45(35)58(6,7)47(40)31-48(51)59(61)54(37)55(38)60/h8-31H,1-7H3. The van der Waals surface area contributed by atoms with Gasteiger partial charge < -0.3 is 9.38 Å². The molecule has 2 nitrogen and oxygen atoms in total. The summed E-state index contributed by atoms with van der Waals surface area (Å²) in [7, 11) is 0. The van der Waals surface area contributed by atoms with Gasteiger partial charge in [-0.05, 0) is 121 Å². The minimum Gasteiger partial charge on any atom is -0.376 e. The smallest absolute Gasteiger partial charge is 0.333 e. The van der Waals surface area contributed by atoms with E-state index in [0.29, 0.717) is 0 Å². The molecule has 0 amide bonds. The number of aromatic nitrogens is 1. The Morgan fingerprint density at radius 3 is 1.84 bits per heavy atom. The number of rotatable bonds is 1. The zero-order valence-corrected chi connectivity index (χ0v) is 37.1. The van der Waals surface area contributed by atoms with Crippen LogP contribution in [-0.4, -0.2) is 11.4 Å². The van der Waals surface area contributed by atoms with Gasteiger partial charge in [0.2, 0.25) is 0 Å². The molecule has 0 unspecified atom stereocenters. The number of anilines is 2. The van der Waals surface area contributed by atoms with Crippen LogP contribution in [0.1, 0.15) is 76.3 Å². The summed E-state index contributed by atoms with van der Waals surface area (Å²) in [6.45, 7) is 16.6. The van der Waals surface area contributed by atoms with Crippen molar-refractivity contribution in [2.24, 2.45) is 0 Å². The largest absolute Gasteiger partial charge is 0.376 e. The van der Waals surface area contributed by atoms with Gasteiger partial charge in [0.05, 0.1) is 11.0 Å². The third-order valence-electron chi connectivity index (χ3n) is 15.5. The Hall–Kier alpha value is -6.36. The predicted molar refractivity (Wildman–Crippen MR) is 267 cm³/mol. The summed E-state index contributed by atoms with van der Waals surface area (Å²) in [5.41, 5.74) is 24.1. The zero-order chi connectivity index (χ0) is 41.8. The molecule has 2 aliphatic carbocycles. The molecule has 0 saturated heterocycles. The summed E-state index contributed by atoms with van der Waals surface area (Å²) in [5, 5.41) is 5.33. The van der Waals surface area contributed by atoms with Crippen LogP contribution in [0, 0.1) is 0 Å². The Labute approximate surface area is 367 Å². The molecule has 14 rings (SSSR count). The van der Waals surface area contributed by atoms with E-state index in [1.54, 1.807) is 0 Å². The molecular formula is C58H45BN2S. The number of fused-ring (bicyclic) bond motifs is 17. The van der Waals surface area contributed by atoms with Gasteiger partial charge in [-0.1, -0.05) is 146 Å². The van der Waals surface area contributed by atoms with Gasteiger partial charge in [-0.15, -0.1) is 11.3 Å². The van der Waals surface area contributed by atoms with E-state index in [4.69, 9.17) is 0 Å². The van der Waals surface area contributed by atoms with Crippen molar-refractivity contribution in [2.45, 2.75) is 64.7 Å². The number of nitrogens with zero attached hydrogens (tertiary/aromatic N) is 2. The van der Waals surface area contributed by atoms with E-state index in [1.165, 1.54) is 131 Å². The first-order chi connectivity index (χ1) is 29.9. The van der Waals surface area contributed by atoms with Crippen molar-refractivity contribution in [1.82, 2.24) is 4.57 Å². The van der Waals surface area contributed by atoms with E-state index >= 15 is 0 Å².